The smallest absolute Gasteiger partial charge is 0.0622 e. The number of allylic oxidation sites excluding steroid dienone is 1. The molecule has 0 spiro atoms. The Labute approximate surface area is 110 Å². The molecule has 0 nitrogen and oxygen atoms in total. The van der Waals surface area contributed by atoms with Gasteiger partial charge < -0.3 is 0 Å². The Morgan fingerprint density at radius 1 is 0.944 bits per heavy atom. The predicted molar refractivity (Wildman–Crippen MR) is 75.2 cm³/mol. The largest absolute Gasteiger partial charge is 0.156 e. The highest BCUT2D eigenvalue weighted by Gasteiger charge is 2.38. The van der Waals surface area contributed by atoms with Gasteiger partial charge in [0.15, 0.2) is 6.08 Å². The van der Waals surface area contributed by atoms with Gasteiger partial charge in [0, 0.05) is 6.42 Å². The Morgan fingerprint density at radius 3 is 2.00 bits per heavy atom. The molecule has 0 N–H and O–H groups in total. The van der Waals surface area contributed by atoms with E-state index in [1.165, 1.54) is 11.1 Å². The van der Waals surface area contributed by atoms with E-state index in [1.54, 1.807) is 0 Å². The summed E-state index contributed by atoms with van der Waals surface area (Å²) in [4.78, 5) is 0. The SMILES string of the molecule is [2H]C1=C=C[CH+]C(c2ccccc2)(c2ccccc2)C1. The fourth-order valence-electron chi connectivity index (χ4n) is 2.53. The van der Waals surface area contributed by atoms with Crippen molar-refractivity contribution < 1.29 is 1.37 Å². The molecule has 0 unspecified atom stereocenters. The van der Waals surface area contributed by atoms with E-state index in [1.807, 2.05) is 18.2 Å². The molecule has 1 aliphatic carbocycles. The van der Waals surface area contributed by atoms with Crippen LogP contribution in [0.1, 0.15) is 18.9 Å². The zero-order valence-corrected chi connectivity index (χ0v) is 10.1. The minimum absolute atomic E-state index is 0.231. The van der Waals surface area contributed by atoms with E-state index < -0.39 is 0 Å². The molecule has 0 aliphatic heterocycles. The first-order valence-corrected chi connectivity index (χ1v) is 6.19. The number of rotatable bonds is 2. The van der Waals surface area contributed by atoms with E-state index in [9.17, 15) is 0 Å². The Morgan fingerprint density at radius 2 is 1.50 bits per heavy atom. The quantitative estimate of drug-likeness (QED) is 0.535. The lowest BCUT2D eigenvalue weighted by Crippen LogP contribution is -2.28. The lowest BCUT2D eigenvalue weighted by Gasteiger charge is -2.28. The Bertz CT molecular complexity index is 580. The summed E-state index contributed by atoms with van der Waals surface area (Å²) in [6, 6.07) is 21.4. The van der Waals surface area contributed by atoms with Crippen LogP contribution in [0.4, 0.5) is 0 Å². The molecule has 0 radical (unpaired) electrons. The van der Waals surface area contributed by atoms with Crippen molar-refractivity contribution in [1.82, 2.24) is 0 Å². The lowest BCUT2D eigenvalue weighted by atomic mass is 9.68. The molecular formula is C18H15+. The zero-order valence-electron chi connectivity index (χ0n) is 11.1. The molecule has 2 aromatic rings. The van der Waals surface area contributed by atoms with Crippen LogP contribution in [0.15, 0.2) is 78.5 Å². The molecule has 0 heterocycles. The van der Waals surface area contributed by atoms with E-state index >= 15 is 0 Å². The van der Waals surface area contributed by atoms with Crippen molar-refractivity contribution >= 4 is 0 Å². The molecule has 3 rings (SSSR count). The summed E-state index contributed by atoms with van der Waals surface area (Å²) in [7, 11) is 0. The minimum atomic E-state index is -0.231. The third-order valence-corrected chi connectivity index (χ3v) is 3.50. The number of hydrogen-bond donors (Lipinski definition) is 0. The van der Waals surface area contributed by atoms with Crippen molar-refractivity contribution in [2.75, 3.05) is 0 Å². The van der Waals surface area contributed by atoms with E-state index in [0.717, 1.165) is 0 Å². The van der Waals surface area contributed by atoms with Gasteiger partial charge in [0.2, 0.25) is 0 Å². The van der Waals surface area contributed by atoms with Crippen LogP contribution in [0.3, 0.4) is 0 Å². The van der Waals surface area contributed by atoms with Gasteiger partial charge in [-0.25, -0.2) is 0 Å². The third kappa shape index (κ3) is 1.77. The molecule has 0 saturated carbocycles. The molecule has 86 valence electrons. The van der Waals surface area contributed by atoms with Crippen LogP contribution in [-0.2, 0) is 5.41 Å². The van der Waals surface area contributed by atoms with Gasteiger partial charge in [-0.3, -0.25) is 0 Å². The van der Waals surface area contributed by atoms with E-state index in [0.29, 0.717) is 12.5 Å². The van der Waals surface area contributed by atoms with Crippen molar-refractivity contribution in [3.05, 3.63) is 96.1 Å². The third-order valence-electron chi connectivity index (χ3n) is 3.50. The fourth-order valence-corrected chi connectivity index (χ4v) is 2.53. The molecule has 0 amide bonds. The average Bonchev–Trinajstić information content (AvgIpc) is 2.49. The van der Waals surface area contributed by atoms with Crippen molar-refractivity contribution in [1.29, 1.82) is 0 Å². The normalized spacial score (nSPS) is 17.6. The molecule has 18 heavy (non-hydrogen) atoms. The van der Waals surface area contributed by atoms with Crippen molar-refractivity contribution in [2.24, 2.45) is 0 Å². The number of hydrogen-bond acceptors (Lipinski definition) is 0. The van der Waals surface area contributed by atoms with Gasteiger partial charge in [0.1, 0.15) is 5.41 Å². The monoisotopic (exact) mass is 232 g/mol. The summed E-state index contributed by atoms with van der Waals surface area (Å²) in [6.45, 7) is 0. The molecule has 0 saturated heterocycles. The number of benzene rings is 2. The molecule has 0 fully saturated rings. The molecule has 0 bridgehead atoms. The van der Waals surface area contributed by atoms with Crippen LogP contribution in [0.25, 0.3) is 0 Å². The second-order valence-electron chi connectivity index (χ2n) is 4.53. The van der Waals surface area contributed by atoms with Crippen LogP contribution in [0.5, 0.6) is 0 Å². The molecule has 1 aliphatic rings. The van der Waals surface area contributed by atoms with Crippen LogP contribution in [0.2, 0.25) is 0 Å². The van der Waals surface area contributed by atoms with Gasteiger partial charge in [-0.1, -0.05) is 60.7 Å². The first kappa shape index (κ1) is 9.82. The summed E-state index contributed by atoms with van der Waals surface area (Å²) in [5, 5.41) is 0. The van der Waals surface area contributed by atoms with E-state index in [-0.39, 0.29) is 5.41 Å². The zero-order chi connectivity index (χ0) is 13.1. The van der Waals surface area contributed by atoms with Crippen molar-refractivity contribution in [3.63, 3.8) is 0 Å². The lowest BCUT2D eigenvalue weighted by molar-refractivity contribution is 0.614. The highest BCUT2D eigenvalue weighted by atomic mass is 14.3. The van der Waals surface area contributed by atoms with Crippen LogP contribution in [-0.4, -0.2) is 0 Å². The Kier molecular flexibility index (Phi) is 2.51. The Hall–Kier alpha value is -2.17. The molecule has 2 aromatic carbocycles. The highest BCUT2D eigenvalue weighted by molar-refractivity contribution is 5.46. The van der Waals surface area contributed by atoms with Gasteiger partial charge in [-0.15, -0.1) is 0 Å². The van der Waals surface area contributed by atoms with Crippen LogP contribution in [0, 0.1) is 6.42 Å². The maximum atomic E-state index is 7.98. The second-order valence-corrected chi connectivity index (χ2v) is 4.53. The summed E-state index contributed by atoms with van der Waals surface area (Å²) in [5.74, 6) is 0. The molecule has 0 heteroatoms. The van der Waals surface area contributed by atoms with Gasteiger partial charge >= 0.3 is 0 Å². The Balaban J connectivity index is 2.16. The molecule has 0 atom stereocenters. The van der Waals surface area contributed by atoms with Gasteiger partial charge in [-0.2, -0.15) is 0 Å². The van der Waals surface area contributed by atoms with E-state index in [4.69, 9.17) is 1.37 Å². The van der Waals surface area contributed by atoms with Gasteiger partial charge in [0.05, 0.1) is 19.6 Å². The van der Waals surface area contributed by atoms with E-state index in [2.05, 4.69) is 60.7 Å². The molecular weight excluding hydrogens is 216 g/mol. The van der Waals surface area contributed by atoms with Gasteiger partial charge in [0.25, 0.3) is 0 Å². The van der Waals surface area contributed by atoms with Crippen LogP contribution < -0.4 is 0 Å². The summed E-state index contributed by atoms with van der Waals surface area (Å²) in [6.07, 6.45) is 4.71. The standard InChI is InChI=1S/C18H15/c1-4-10-16(11-5-1)18(14-8-3-9-15-18)17-12-6-2-7-13-17/h1-2,4-14H,15H2/q+1/i9D. The first-order valence-electron chi connectivity index (χ1n) is 6.69. The topological polar surface area (TPSA) is 0 Å². The first-order chi connectivity index (χ1) is 9.31. The summed E-state index contributed by atoms with van der Waals surface area (Å²) in [5.41, 5.74) is 5.20. The van der Waals surface area contributed by atoms with Crippen LogP contribution >= 0.6 is 0 Å². The van der Waals surface area contributed by atoms with Gasteiger partial charge in [-0.05, 0) is 11.1 Å². The maximum absolute atomic E-state index is 7.98. The predicted octanol–water partition coefficient (Wildman–Crippen LogP) is 4.29. The minimum Gasteiger partial charge on any atom is -0.0622 e. The average molecular weight is 232 g/mol. The van der Waals surface area contributed by atoms with Crippen molar-refractivity contribution in [2.45, 2.75) is 11.8 Å². The highest BCUT2D eigenvalue weighted by Crippen LogP contribution is 2.40. The fraction of sp³-hybridized carbons (Fsp3) is 0.111. The molecule has 0 aromatic heterocycles. The summed E-state index contributed by atoms with van der Waals surface area (Å²) >= 11 is 0. The maximum Gasteiger partial charge on any atom is 0.156 e. The second kappa shape index (κ2) is 4.60. The van der Waals surface area contributed by atoms with Crippen molar-refractivity contribution in [3.8, 4) is 0 Å². The summed E-state index contributed by atoms with van der Waals surface area (Å²) < 4.78 is 7.98.